The number of fused-ring (bicyclic) bond motifs is 1. The van der Waals surface area contributed by atoms with Crippen molar-refractivity contribution in [2.75, 3.05) is 37.7 Å². The number of anilines is 1. The maximum absolute atomic E-state index is 13.8. The third-order valence-electron chi connectivity index (χ3n) is 5.56. The molecule has 0 saturated carbocycles. The van der Waals surface area contributed by atoms with Crippen molar-refractivity contribution in [3.05, 3.63) is 59.9 Å². The standard InChI is InChI=1S/C23H27FN4O4S/c1-23(2,14-26-22(29)19-13-32-11-10-25-19)15-28(17-6-4-3-5-7-17)21-18-9-8-16(24)12-20(18)33(30,31)27-21/h3-9,12,19,25H,10-11,13-15H2,1-2H3,(H,26,29). The predicted octanol–water partition coefficient (Wildman–Crippen LogP) is 1.91. The second kappa shape index (κ2) is 9.20. The molecule has 176 valence electrons. The van der Waals surface area contributed by atoms with E-state index < -0.39 is 27.3 Å². The van der Waals surface area contributed by atoms with Crippen molar-refractivity contribution < 1.29 is 22.3 Å². The van der Waals surface area contributed by atoms with E-state index in [1.807, 2.05) is 44.2 Å². The van der Waals surface area contributed by atoms with E-state index in [0.717, 1.165) is 11.8 Å². The molecule has 2 aromatic carbocycles. The van der Waals surface area contributed by atoms with Crippen LogP contribution in [0, 0.1) is 11.2 Å². The molecule has 1 saturated heterocycles. The van der Waals surface area contributed by atoms with Gasteiger partial charge in [-0.05, 0) is 30.3 Å². The van der Waals surface area contributed by atoms with Crippen LogP contribution in [0.5, 0.6) is 0 Å². The fraction of sp³-hybridized carbons (Fsp3) is 0.391. The summed E-state index contributed by atoms with van der Waals surface area (Å²) in [5.41, 5.74) is 0.629. The minimum Gasteiger partial charge on any atom is -0.378 e. The highest BCUT2D eigenvalue weighted by Crippen LogP contribution is 2.32. The number of benzene rings is 2. The number of halogens is 1. The van der Waals surface area contributed by atoms with Gasteiger partial charge in [0.15, 0.2) is 5.84 Å². The minimum atomic E-state index is -4.01. The van der Waals surface area contributed by atoms with Crippen LogP contribution in [0.25, 0.3) is 0 Å². The monoisotopic (exact) mass is 474 g/mol. The van der Waals surface area contributed by atoms with E-state index in [4.69, 9.17) is 4.74 Å². The van der Waals surface area contributed by atoms with Crippen molar-refractivity contribution in [1.29, 1.82) is 0 Å². The van der Waals surface area contributed by atoms with Crippen molar-refractivity contribution in [1.82, 2.24) is 10.6 Å². The van der Waals surface area contributed by atoms with Gasteiger partial charge in [0, 0.05) is 36.3 Å². The number of amides is 1. The van der Waals surface area contributed by atoms with Crippen LogP contribution in [-0.2, 0) is 19.6 Å². The zero-order valence-corrected chi connectivity index (χ0v) is 19.4. The zero-order chi connectivity index (χ0) is 23.6. The molecule has 0 aliphatic carbocycles. The zero-order valence-electron chi connectivity index (χ0n) is 18.5. The number of carbonyl (C=O) groups is 1. The first-order valence-corrected chi connectivity index (χ1v) is 12.2. The number of ether oxygens (including phenoxy) is 1. The van der Waals surface area contributed by atoms with E-state index in [9.17, 15) is 17.6 Å². The highest BCUT2D eigenvalue weighted by atomic mass is 32.2. The van der Waals surface area contributed by atoms with E-state index in [1.165, 1.54) is 12.1 Å². The van der Waals surface area contributed by atoms with Crippen molar-refractivity contribution in [2.24, 2.45) is 9.81 Å². The normalized spacial score (nSPS) is 19.5. The van der Waals surface area contributed by atoms with Crippen LogP contribution >= 0.6 is 0 Å². The molecule has 0 radical (unpaired) electrons. The number of amidine groups is 1. The summed E-state index contributed by atoms with van der Waals surface area (Å²) in [7, 11) is -4.01. The molecule has 10 heteroatoms. The van der Waals surface area contributed by atoms with E-state index in [0.29, 0.717) is 38.4 Å². The first kappa shape index (κ1) is 23.3. The van der Waals surface area contributed by atoms with Crippen LogP contribution in [0.4, 0.5) is 10.1 Å². The number of nitrogens with one attached hydrogen (secondary N) is 2. The highest BCUT2D eigenvalue weighted by Gasteiger charge is 2.35. The smallest absolute Gasteiger partial charge is 0.285 e. The van der Waals surface area contributed by atoms with Gasteiger partial charge in [0.1, 0.15) is 16.8 Å². The Morgan fingerprint density at radius 3 is 2.73 bits per heavy atom. The van der Waals surface area contributed by atoms with Crippen LogP contribution in [0.2, 0.25) is 0 Å². The first-order chi connectivity index (χ1) is 15.7. The maximum Gasteiger partial charge on any atom is 0.285 e. The van der Waals surface area contributed by atoms with Crippen molar-refractivity contribution in [3.8, 4) is 0 Å². The van der Waals surface area contributed by atoms with E-state index in [2.05, 4.69) is 15.0 Å². The Morgan fingerprint density at radius 1 is 1.27 bits per heavy atom. The fourth-order valence-corrected chi connectivity index (χ4v) is 5.09. The van der Waals surface area contributed by atoms with Gasteiger partial charge in [-0.3, -0.25) is 4.79 Å². The highest BCUT2D eigenvalue weighted by molar-refractivity contribution is 7.90. The Kier molecular flexibility index (Phi) is 6.51. The lowest BCUT2D eigenvalue weighted by atomic mass is 9.91. The van der Waals surface area contributed by atoms with E-state index in [1.54, 1.807) is 4.90 Å². The van der Waals surface area contributed by atoms with E-state index >= 15 is 0 Å². The summed E-state index contributed by atoms with van der Waals surface area (Å²) in [6.45, 7) is 6.19. The van der Waals surface area contributed by atoms with Gasteiger partial charge in [-0.15, -0.1) is 4.40 Å². The van der Waals surface area contributed by atoms with E-state index in [-0.39, 0.29) is 16.6 Å². The molecule has 2 aliphatic rings. The van der Waals surface area contributed by atoms with Gasteiger partial charge in [0.25, 0.3) is 10.0 Å². The van der Waals surface area contributed by atoms with Crippen LogP contribution < -0.4 is 15.5 Å². The SMILES string of the molecule is CC(C)(CNC(=O)C1COCCN1)CN(C1=NS(=O)(=O)c2cc(F)ccc21)c1ccccc1. The van der Waals surface area contributed by atoms with Gasteiger partial charge in [-0.25, -0.2) is 4.39 Å². The molecule has 0 spiro atoms. The van der Waals surface area contributed by atoms with Crippen LogP contribution in [0.15, 0.2) is 57.8 Å². The number of para-hydroxylation sites is 1. The minimum absolute atomic E-state index is 0.143. The summed E-state index contributed by atoms with van der Waals surface area (Å²) in [4.78, 5) is 14.2. The van der Waals surface area contributed by atoms with Crippen molar-refractivity contribution >= 4 is 27.5 Å². The summed E-state index contributed by atoms with van der Waals surface area (Å²) in [6, 6.07) is 12.5. The topological polar surface area (TPSA) is 100 Å². The summed E-state index contributed by atoms with van der Waals surface area (Å²) in [5.74, 6) is -0.544. The molecule has 33 heavy (non-hydrogen) atoms. The van der Waals surface area contributed by atoms with Gasteiger partial charge >= 0.3 is 0 Å². The average molecular weight is 475 g/mol. The molecule has 2 heterocycles. The molecular weight excluding hydrogens is 447 g/mol. The molecule has 8 nitrogen and oxygen atoms in total. The van der Waals surface area contributed by atoms with Gasteiger partial charge in [-0.1, -0.05) is 32.0 Å². The molecule has 2 aromatic rings. The number of hydrogen-bond donors (Lipinski definition) is 2. The predicted molar refractivity (Wildman–Crippen MR) is 123 cm³/mol. The Labute approximate surface area is 192 Å². The Balaban J connectivity index is 1.59. The summed E-state index contributed by atoms with van der Waals surface area (Å²) < 4.78 is 48.4. The molecule has 2 N–H and O–H groups in total. The summed E-state index contributed by atoms with van der Waals surface area (Å²) >= 11 is 0. The molecule has 1 unspecified atom stereocenters. The lowest BCUT2D eigenvalue weighted by molar-refractivity contribution is -0.126. The molecular formula is C23H27FN4O4S. The third kappa shape index (κ3) is 5.23. The molecule has 0 aromatic heterocycles. The number of carbonyl (C=O) groups excluding carboxylic acids is 1. The molecule has 4 rings (SSSR count). The third-order valence-corrected chi connectivity index (χ3v) is 6.86. The van der Waals surface area contributed by atoms with Crippen LogP contribution in [0.1, 0.15) is 19.4 Å². The lowest BCUT2D eigenvalue weighted by Crippen LogP contribution is -2.53. The number of nitrogens with zero attached hydrogens (tertiary/aromatic N) is 2. The Hall–Kier alpha value is -2.82. The summed E-state index contributed by atoms with van der Waals surface area (Å²) in [5, 5.41) is 6.09. The lowest BCUT2D eigenvalue weighted by Gasteiger charge is -2.34. The number of hydrogen-bond acceptors (Lipinski definition) is 6. The quantitative estimate of drug-likeness (QED) is 0.664. The second-order valence-corrected chi connectivity index (χ2v) is 10.5. The van der Waals surface area contributed by atoms with Gasteiger partial charge in [0.2, 0.25) is 5.91 Å². The second-order valence-electron chi connectivity index (χ2n) is 8.92. The van der Waals surface area contributed by atoms with Crippen LogP contribution in [-0.4, -0.2) is 59.1 Å². The average Bonchev–Trinajstić information content (AvgIpc) is 3.07. The van der Waals surface area contributed by atoms with Crippen molar-refractivity contribution in [3.63, 3.8) is 0 Å². The molecule has 0 bridgehead atoms. The number of rotatable bonds is 6. The summed E-state index contributed by atoms with van der Waals surface area (Å²) in [6.07, 6.45) is 0. The van der Waals surface area contributed by atoms with Crippen LogP contribution in [0.3, 0.4) is 0 Å². The number of morpholine rings is 1. The molecule has 1 fully saturated rings. The van der Waals surface area contributed by atoms with Crippen molar-refractivity contribution in [2.45, 2.75) is 24.8 Å². The molecule has 1 amide bonds. The maximum atomic E-state index is 13.8. The first-order valence-electron chi connectivity index (χ1n) is 10.7. The fourth-order valence-electron chi connectivity index (χ4n) is 3.86. The van der Waals surface area contributed by atoms with Gasteiger partial charge < -0.3 is 20.3 Å². The number of sulfonamides is 1. The van der Waals surface area contributed by atoms with Gasteiger partial charge in [-0.2, -0.15) is 8.42 Å². The largest absolute Gasteiger partial charge is 0.378 e. The Bertz CT molecular complexity index is 1160. The van der Waals surface area contributed by atoms with Gasteiger partial charge in [0.05, 0.1) is 13.2 Å². The molecule has 2 aliphatic heterocycles. The Morgan fingerprint density at radius 2 is 2.03 bits per heavy atom. The molecule has 1 atom stereocenters.